The van der Waals surface area contributed by atoms with Gasteiger partial charge in [0.25, 0.3) is 11.8 Å². The summed E-state index contributed by atoms with van der Waals surface area (Å²) in [5, 5.41) is 29.7. The standard InChI is InChI=1S/C33H22Cl3FN2O8/c34-23-12-17(40)6-8-19(23)26-18-9-10-21-25(28(43)38(27(21)42)16-5-7-20(29(44)45)24(41)11-16)22(18)13-32(35)30(46)39(31(47)33(26,32)36)15-3-1-14(37)2-4-15/h1-9,11-12,21-22,25-26,40-41H,10,13H2,(H,44,45). The number of phenols is 2. The van der Waals surface area contributed by atoms with Gasteiger partial charge < -0.3 is 15.3 Å². The highest BCUT2D eigenvalue weighted by Gasteiger charge is 2.76. The summed E-state index contributed by atoms with van der Waals surface area (Å²) >= 11 is 21.2. The quantitative estimate of drug-likeness (QED) is 0.187. The van der Waals surface area contributed by atoms with Crippen LogP contribution in [-0.2, 0) is 19.2 Å². The topological polar surface area (TPSA) is 153 Å². The molecule has 0 radical (unpaired) electrons. The molecule has 10 nitrogen and oxygen atoms in total. The number of amides is 4. The van der Waals surface area contributed by atoms with Crippen molar-refractivity contribution in [3.05, 3.63) is 94.3 Å². The van der Waals surface area contributed by atoms with Gasteiger partial charge in [0.2, 0.25) is 11.8 Å². The van der Waals surface area contributed by atoms with Gasteiger partial charge in [-0.3, -0.25) is 19.2 Å². The van der Waals surface area contributed by atoms with Crippen LogP contribution in [0.2, 0.25) is 5.02 Å². The predicted octanol–water partition coefficient (Wildman–Crippen LogP) is 5.36. The Morgan fingerprint density at radius 3 is 2.17 bits per heavy atom. The lowest BCUT2D eigenvalue weighted by Gasteiger charge is -2.50. The third-order valence-electron chi connectivity index (χ3n) is 9.66. The molecule has 6 atom stereocenters. The number of aromatic carboxylic acids is 1. The molecule has 4 aliphatic rings. The molecule has 2 heterocycles. The Labute approximate surface area is 280 Å². The summed E-state index contributed by atoms with van der Waals surface area (Å²) < 4.78 is 13.8. The molecule has 3 fully saturated rings. The zero-order chi connectivity index (χ0) is 33.7. The first kappa shape index (κ1) is 31.2. The summed E-state index contributed by atoms with van der Waals surface area (Å²) in [6.45, 7) is 0. The minimum atomic E-state index is -2.21. The minimum Gasteiger partial charge on any atom is -0.508 e. The molecule has 3 aromatic carbocycles. The van der Waals surface area contributed by atoms with E-state index in [1.165, 1.54) is 36.4 Å². The van der Waals surface area contributed by atoms with E-state index in [-0.39, 0.29) is 40.6 Å². The average molecular weight is 700 g/mol. The van der Waals surface area contributed by atoms with E-state index < -0.39 is 80.1 Å². The molecule has 3 aromatic rings. The Morgan fingerprint density at radius 2 is 1.53 bits per heavy atom. The van der Waals surface area contributed by atoms with Gasteiger partial charge in [0.15, 0.2) is 9.75 Å². The van der Waals surface area contributed by atoms with E-state index in [2.05, 4.69) is 0 Å². The normalized spacial score (nSPS) is 29.8. The molecule has 2 aliphatic heterocycles. The minimum absolute atomic E-state index is 0.00245. The molecule has 14 heteroatoms. The van der Waals surface area contributed by atoms with E-state index in [1.807, 2.05) is 0 Å². The molecule has 0 spiro atoms. The first-order valence-corrected chi connectivity index (χ1v) is 15.5. The number of halogens is 4. The number of benzene rings is 3. The fourth-order valence-corrected chi connectivity index (χ4v) is 8.80. The average Bonchev–Trinajstić information content (AvgIpc) is 3.36. The highest BCUT2D eigenvalue weighted by atomic mass is 35.5. The second-order valence-electron chi connectivity index (χ2n) is 12.0. The van der Waals surface area contributed by atoms with Crippen molar-refractivity contribution in [1.82, 2.24) is 0 Å². The molecule has 0 bridgehead atoms. The number of carbonyl (C=O) groups excluding carboxylic acids is 4. The van der Waals surface area contributed by atoms with Gasteiger partial charge in [0.1, 0.15) is 22.9 Å². The van der Waals surface area contributed by atoms with Crippen LogP contribution in [0.4, 0.5) is 15.8 Å². The van der Waals surface area contributed by atoms with Crippen molar-refractivity contribution in [1.29, 1.82) is 0 Å². The molecule has 3 N–H and O–H groups in total. The van der Waals surface area contributed by atoms with Crippen molar-refractivity contribution in [2.45, 2.75) is 28.5 Å². The van der Waals surface area contributed by atoms with Crippen LogP contribution in [-0.4, -0.2) is 54.7 Å². The van der Waals surface area contributed by atoms with Gasteiger partial charge in [-0.1, -0.05) is 29.3 Å². The molecule has 2 saturated heterocycles. The van der Waals surface area contributed by atoms with Crippen LogP contribution in [0.15, 0.2) is 72.3 Å². The Kier molecular flexibility index (Phi) is 6.98. The zero-order valence-corrected chi connectivity index (χ0v) is 26.1. The summed E-state index contributed by atoms with van der Waals surface area (Å²) in [4.78, 5) is 65.3. The van der Waals surface area contributed by atoms with Crippen LogP contribution in [0.1, 0.15) is 34.7 Å². The Bertz CT molecular complexity index is 1990. The fraction of sp³-hybridized carbons (Fsp3) is 0.242. The number of phenolic OH excluding ortho intramolecular Hbond substituents is 1. The zero-order valence-electron chi connectivity index (χ0n) is 23.9. The predicted molar refractivity (Wildman–Crippen MR) is 167 cm³/mol. The number of alkyl halides is 2. The number of anilines is 2. The van der Waals surface area contributed by atoms with Crippen molar-refractivity contribution in [2.24, 2.45) is 17.8 Å². The summed E-state index contributed by atoms with van der Waals surface area (Å²) in [6.07, 6.45) is 1.39. The van der Waals surface area contributed by atoms with E-state index in [9.17, 15) is 43.7 Å². The highest BCUT2D eigenvalue weighted by Crippen LogP contribution is 2.66. The first-order valence-electron chi connectivity index (χ1n) is 14.4. The fourth-order valence-electron chi connectivity index (χ4n) is 7.59. The summed E-state index contributed by atoms with van der Waals surface area (Å²) in [7, 11) is 0. The van der Waals surface area contributed by atoms with Crippen LogP contribution >= 0.6 is 34.8 Å². The monoisotopic (exact) mass is 698 g/mol. The maximum atomic E-state index is 14.4. The van der Waals surface area contributed by atoms with Gasteiger partial charge >= 0.3 is 5.97 Å². The molecular formula is C33H22Cl3FN2O8. The second-order valence-corrected chi connectivity index (χ2v) is 13.6. The van der Waals surface area contributed by atoms with Gasteiger partial charge in [0, 0.05) is 17.0 Å². The van der Waals surface area contributed by atoms with E-state index in [0.717, 1.165) is 34.1 Å². The van der Waals surface area contributed by atoms with Crippen LogP contribution in [0.3, 0.4) is 0 Å². The van der Waals surface area contributed by atoms with Gasteiger partial charge in [-0.05, 0) is 72.9 Å². The number of hydrogen-bond donors (Lipinski definition) is 3. The molecule has 47 heavy (non-hydrogen) atoms. The van der Waals surface area contributed by atoms with Crippen molar-refractivity contribution in [2.75, 3.05) is 9.80 Å². The Balaban J connectivity index is 1.38. The summed E-state index contributed by atoms with van der Waals surface area (Å²) in [5.74, 6) is -10.1. The number of nitrogens with zero attached hydrogens (tertiary/aromatic N) is 2. The molecule has 2 aliphatic carbocycles. The summed E-state index contributed by atoms with van der Waals surface area (Å²) in [5.41, 5.74) is 0.231. The number of allylic oxidation sites excluding steroid dienone is 2. The van der Waals surface area contributed by atoms with Gasteiger partial charge in [-0.15, -0.1) is 23.2 Å². The smallest absolute Gasteiger partial charge is 0.339 e. The maximum Gasteiger partial charge on any atom is 0.339 e. The van der Waals surface area contributed by atoms with E-state index in [4.69, 9.17) is 34.8 Å². The van der Waals surface area contributed by atoms with E-state index >= 15 is 0 Å². The lowest BCUT2D eigenvalue weighted by atomic mass is 9.56. The molecule has 0 aromatic heterocycles. The van der Waals surface area contributed by atoms with Crippen LogP contribution in [0.25, 0.3) is 0 Å². The third kappa shape index (κ3) is 4.19. The number of carboxylic acids is 1. The van der Waals surface area contributed by atoms with E-state index in [1.54, 1.807) is 6.08 Å². The van der Waals surface area contributed by atoms with Gasteiger partial charge in [0.05, 0.1) is 23.2 Å². The molecule has 4 amide bonds. The number of rotatable bonds is 4. The Morgan fingerprint density at radius 1 is 0.851 bits per heavy atom. The maximum absolute atomic E-state index is 14.4. The molecule has 1 saturated carbocycles. The first-order chi connectivity index (χ1) is 22.2. The number of carbonyl (C=O) groups is 5. The van der Waals surface area contributed by atoms with Crippen molar-refractivity contribution in [3.8, 4) is 11.5 Å². The lowest BCUT2D eigenvalue weighted by molar-refractivity contribution is -0.125. The molecule has 7 rings (SSSR count). The van der Waals surface area contributed by atoms with Crippen LogP contribution < -0.4 is 9.80 Å². The van der Waals surface area contributed by atoms with E-state index in [0.29, 0.717) is 5.57 Å². The lowest BCUT2D eigenvalue weighted by Crippen LogP contribution is -2.60. The Hall–Kier alpha value is -4.45. The number of aromatic hydroxyl groups is 2. The SMILES string of the molecule is O=C(O)c1ccc(N2C(=O)C3CC=C4C(CC5(Cl)C(=O)N(c6ccc(F)cc6)C(=O)C5(Cl)C4c4ccc(O)cc4Cl)C3C2=O)cc1O. The molecule has 6 unspecified atom stereocenters. The summed E-state index contributed by atoms with van der Waals surface area (Å²) in [6, 6.07) is 11.9. The number of hydrogen-bond acceptors (Lipinski definition) is 7. The van der Waals surface area contributed by atoms with Crippen LogP contribution in [0, 0.1) is 23.6 Å². The number of imide groups is 2. The van der Waals surface area contributed by atoms with Crippen molar-refractivity contribution in [3.63, 3.8) is 0 Å². The highest BCUT2D eigenvalue weighted by molar-refractivity contribution is 6.58. The number of carboxylic acid groups (broad SMARTS) is 1. The van der Waals surface area contributed by atoms with Crippen molar-refractivity contribution >= 4 is 75.8 Å². The molecule has 240 valence electrons. The van der Waals surface area contributed by atoms with Crippen molar-refractivity contribution < 1.29 is 43.7 Å². The van der Waals surface area contributed by atoms with Gasteiger partial charge in [-0.2, -0.15) is 0 Å². The third-order valence-corrected chi connectivity index (χ3v) is 11.4. The number of fused-ring (bicyclic) bond motifs is 4. The second kappa shape index (κ2) is 10.5. The van der Waals surface area contributed by atoms with Gasteiger partial charge in [-0.25, -0.2) is 19.0 Å². The molecular weight excluding hydrogens is 678 g/mol. The van der Waals surface area contributed by atoms with Crippen LogP contribution in [0.5, 0.6) is 11.5 Å². The largest absolute Gasteiger partial charge is 0.508 e.